The molecule has 0 heterocycles. The molecule has 0 bridgehead atoms. The van der Waals surface area contributed by atoms with E-state index in [0.717, 1.165) is 0 Å². The average molecular weight is 203 g/mol. The fraction of sp³-hybridized carbons (Fsp3) is 0.625. The van der Waals surface area contributed by atoms with Gasteiger partial charge in [-0.2, -0.15) is 0 Å². The lowest BCUT2D eigenvalue weighted by Crippen LogP contribution is -2.24. The number of rotatable bonds is 5. The van der Waals surface area contributed by atoms with Crippen LogP contribution in [-0.4, -0.2) is 36.0 Å². The molecular formula is C8H13NO5. The van der Waals surface area contributed by atoms with Crippen molar-refractivity contribution in [3.05, 3.63) is 0 Å². The lowest BCUT2D eigenvalue weighted by Gasteiger charge is -2.09. The van der Waals surface area contributed by atoms with Crippen molar-refractivity contribution in [2.45, 2.75) is 26.4 Å². The van der Waals surface area contributed by atoms with Crippen LogP contribution in [0.3, 0.4) is 0 Å². The molecule has 0 rings (SSSR count). The van der Waals surface area contributed by atoms with Crippen LogP contribution in [0.2, 0.25) is 0 Å². The van der Waals surface area contributed by atoms with Crippen LogP contribution in [0.4, 0.5) is 0 Å². The highest BCUT2D eigenvalue weighted by molar-refractivity contribution is 6.34. The molecule has 0 saturated carbocycles. The van der Waals surface area contributed by atoms with Gasteiger partial charge in [-0.25, -0.2) is 9.59 Å². The number of carbonyl (C=O) groups is 2. The SMILES string of the molecule is CCC(O/N=C(\C)C(=O)O)C(=O)OC. The Kier molecular flexibility index (Phi) is 5.28. The Bertz CT molecular complexity index is 248. The van der Waals surface area contributed by atoms with E-state index in [1.54, 1.807) is 6.92 Å². The normalized spacial score (nSPS) is 13.2. The Labute approximate surface area is 81.5 Å². The zero-order chi connectivity index (χ0) is 11.1. The van der Waals surface area contributed by atoms with E-state index in [1.807, 2.05) is 0 Å². The summed E-state index contributed by atoms with van der Waals surface area (Å²) in [7, 11) is 1.22. The minimum absolute atomic E-state index is 0.215. The van der Waals surface area contributed by atoms with E-state index >= 15 is 0 Å². The Balaban J connectivity index is 4.27. The molecule has 1 N–H and O–H groups in total. The number of aliphatic carboxylic acids is 1. The van der Waals surface area contributed by atoms with Gasteiger partial charge in [0.2, 0.25) is 6.10 Å². The largest absolute Gasteiger partial charge is 0.477 e. The van der Waals surface area contributed by atoms with Gasteiger partial charge >= 0.3 is 11.9 Å². The Morgan fingerprint density at radius 2 is 2.07 bits per heavy atom. The van der Waals surface area contributed by atoms with Crippen molar-refractivity contribution in [3.8, 4) is 0 Å². The molecule has 0 saturated heterocycles. The second kappa shape index (κ2) is 5.95. The molecule has 6 heteroatoms. The van der Waals surface area contributed by atoms with Gasteiger partial charge < -0.3 is 14.7 Å². The first-order chi connectivity index (χ1) is 6.52. The number of esters is 1. The van der Waals surface area contributed by atoms with Gasteiger partial charge in [0.15, 0.2) is 5.71 Å². The molecule has 80 valence electrons. The highest BCUT2D eigenvalue weighted by Crippen LogP contribution is 2.01. The third-order valence-electron chi connectivity index (χ3n) is 1.46. The summed E-state index contributed by atoms with van der Waals surface area (Å²) in [5, 5.41) is 11.7. The quantitative estimate of drug-likeness (QED) is 0.397. The summed E-state index contributed by atoms with van der Waals surface area (Å²) in [6.45, 7) is 2.97. The monoisotopic (exact) mass is 203 g/mol. The summed E-state index contributed by atoms with van der Waals surface area (Å²) >= 11 is 0. The molecule has 14 heavy (non-hydrogen) atoms. The van der Waals surface area contributed by atoms with E-state index in [1.165, 1.54) is 14.0 Å². The van der Waals surface area contributed by atoms with Crippen molar-refractivity contribution in [2.24, 2.45) is 5.16 Å². The number of methoxy groups -OCH3 is 1. The average Bonchev–Trinajstić information content (AvgIpc) is 2.17. The molecule has 0 aromatic heterocycles. The smallest absolute Gasteiger partial charge is 0.353 e. The van der Waals surface area contributed by atoms with Crippen molar-refractivity contribution in [2.75, 3.05) is 7.11 Å². The third kappa shape index (κ3) is 3.88. The topological polar surface area (TPSA) is 85.2 Å². The summed E-state index contributed by atoms with van der Waals surface area (Å²) in [5.74, 6) is -1.76. The van der Waals surface area contributed by atoms with Crippen LogP contribution in [0.1, 0.15) is 20.3 Å². The highest BCUT2D eigenvalue weighted by Gasteiger charge is 2.18. The molecule has 6 nitrogen and oxygen atoms in total. The maximum atomic E-state index is 11.0. The van der Waals surface area contributed by atoms with Crippen LogP contribution < -0.4 is 0 Å². The second-order valence-electron chi connectivity index (χ2n) is 2.51. The Morgan fingerprint density at radius 1 is 1.50 bits per heavy atom. The fourth-order valence-corrected chi connectivity index (χ4v) is 0.597. The zero-order valence-corrected chi connectivity index (χ0v) is 8.31. The number of oxime groups is 1. The molecule has 0 fully saturated rings. The predicted molar refractivity (Wildman–Crippen MR) is 47.9 cm³/mol. The number of hydrogen-bond donors (Lipinski definition) is 1. The molecule has 0 aliphatic rings. The molecule has 1 unspecified atom stereocenters. The summed E-state index contributed by atoms with van der Waals surface area (Å²) in [5.41, 5.74) is -0.215. The number of ether oxygens (including phenoxy) is 1. The number of hydrogen-bond acceptors (Lipinski definition) is 5. The molecule has 1 atom stereocenters. The third-order valence-corrected chi connectivity index (χ3v) is 1.46. The molecule has 0 aliphatic heterocycles. The molecule has 0 amide bonds. The first-order valence-electron chi connectivity index (χ1n) is 4.04. The van der Waals surface area contributed by atoms with E-state index in [4.69, 9.17) is 9.94 Å². The molecule has 0 spiro atoms. The van der Waals surface area contributed by atoms with Crippen LogP contribution in [0.15, 0.2) is 5.16 Å². The standard InChI is InChI=1S/C8H13NO5/c1-4-6(8(12)13-3)14-9-5(2)7(10)11/h6H,4H2,1-3H3,(H,10,11)/b9-5+. The molecule has 0 aromatic rings. The van der Waals surface area contributed by atoms with E-state index in [2.05, 4.69) is 9.89 Å². The van der Waals surface area contributed by atoms with Crippen LogP contribution in [0, 0.1) is 0 Å². The number of carbonyl (C=O) groups excluding carboxylic acids is 1. The first-order valence-corrected chi connectivity index (χ1v) is 4.04. The van der Waals surface area contributed by atoms with E-state index < -0.39 is 18.0 Å². The minimum Gasteiger partial charge on any atom is -0.477 e. The van der Waals surface area contributed by atoms with Gasteiger partial charge in [0.05, 0.1) is 7.11 Å². The fourth-order valence-electron chi connectivity index (χ4n) is 0.597. The molecule has 0 radical (unpaired) electrons. The minimum atomic E-state index is -1.19. The second-order valence-corrected chi connectivity index (χ2v) is 2.51. The molecular weight excluding hydrogens is 190 g/mol. The Morgan fingerprint density at radius 3 is 2.43 bits per heavy atom. The summed E-state index contributed by atoms with van der Waals surface area (Å²) in [4.78, 5) is 26.0. The lowest BCUT2D eigenvalue weighted by atomic mass is 10.3. The maximum absolute atomic E-state index is 11.0. The number of carboxylic acids is 1. The molecule has 0 aliphatic carbocycles. The van der Waals surface area contributed by atoms with Gasteiger partial charge in [-0.15, -0.1) is 0 Å². The number of carboxylic acid groups (broad SMARTS) is 1. The van der Waals surface area contributed by atoms with Crippen LogP contribution in [-0.2, 0) is 19.2 Å². The summed E-state index contributed by atoms with van der Waals surface area (Å²) < 4.78 is 4.42. The number of nitrogens with zero attached hydrogens (tertiary/aromatic N) is 1. The van der Waals surface area contributed by atoms with E-state index in [9.17, 15) is 9.59 Å². The van der Waals surface area contributed by atoms with Crippen molar-refractivity contribution in [1.29, 1.82) is 0 Å². The summed E-state index contributed by atoms with van der Waals surface area (Å²) in [6.07, 6.45) is -0.488. The van der Waals surface area contributed by atoms with Gasteiger partial charge in [0, 0.05) is 0 Å². The summed E-state index contributed by atoms with van der Waals surface area (Å²) in [6, 6.07) is 0. The van der Waals surface area contributed by atoms with Gasteiger partial charge in [-0.1, -0.05) is 12.1 Å². The van der Waals surface area contributed by atoms with Crippen LogP contribution in [0.5, 0.6) is 0 Å². The Hall–Kier alpha value is -1.59. The van der Waals surface area contributed by atoms with Gasteiger partial charge in [-0.3, -0.25) is 0 Å². The van der Waals surface area contributed by atoms with Gasteiger partial charge in [-0.05, 0) is 13.3 Å². The van der Waals surface area contributed by atoms with Crippen molar-refractivity contribution >= 4 is 17.7 Å². The lowest BCUT2D eigenvalue weighted by molar-refractivity contribution is -0.154. The van der Waals surface area contributed by atoms with E-state index in [-0.39, 0.29) is 5.71 Å². The van der Waals surface area contributed by atoms with Crippen molar-refractivity contribution in [1.82, 2.24) is 0 Å². The highest BCUT2D eigenvalue weighted by atomic mass is 16.7. The van der Waals surface area contributed by atoms with Crippen LogP contribution in [0.25, 0.3) is 0 Å². The first kappa shape index (κ1) is 12.4. The van der Waals surface area contributed by atoms with Gasteiger partial charge in [0.1, 0.15) is 0 Å². The van der Waals surface area contributed by atoms with Crippen molar-refractivity contribution < 1.29 is 24.3 Å². The zero-order valence-electron chi connectivity index (χ0n) is 8.31. The van der Waals surface area contributed by atoms with Crippen molar-refractivity contribution in [3.63, 3.8) is 0 Å². The maximum Gasteiger partial charge on any atom is 0.353 e. The van der Waals surface area contributed by atoms with E-state index in [0.29, 0.717) is 6.42 Å². The molecule has 0 aromatic carbocycles. The van der Waals surface area contributed by atoms with Gasteiger partial charge in [0.25, 0.3) is 0 Å². The predicted octanol–water partition coefficient (Wildman–Crippen LogP) is 0.415. The van der Waals surface area contributed by atoms with Crippen LogP contribution >= 0.6 is 0 Å².